The Morgan fingerprint density at radius 3 is 2.50 bits per heavy atom. The van der Waals surface area contributed by atoms with Crippen molar-refractivity contribution in [2.24, 2.45) is 5.92 Å². The van der Waals surface area contributed by atoms with Gasteiger partial charge in [0, 0.05) is 32.9 Å². The molecule has 6 heteroatoms. The van der Waals surface area contributed by atoms with E-state index in [9.17, 15) is 0 Å². The molecule has 0 aromatic carbocycles. The Hall–Kier alpha value is -1.40. The average Bonchev–Trinajstić information content (AvgIpc) is 2.38. The zero-order valence-electron chi connectivity index (χ0n) is 12.9. The second-order valence-corrected chi connectivity index (χ2v) is 4.91. The molecule has 2 N–H and O–H groups in total. The summed E-state index contributed by atoms with van der Waals surface area (Å²) in [6, 6.07) is 1.89. The van der Waals surface area contributed by atoms with Gasteiger partial charge < -0.3 is 20.1 Å². The smallest absolute Gasteiger partial charge is 0.158 e. The highest BCUT2D eigenvalue weighted by Gasteiger charge is 2.04. The lowest BCUT2D eigenvalue weighted by molar-refractivity contribution is 0.118. The summed E-state index contributed by atoms with van der Waals surface area (Å²) in [7, 11) is 1.64. The molecule has 0 radical (unpaired) electrons. The molecule has 6 nitrogen and oxygen atoms in total. The molecule has 1 rings (SSSR count). The summed E-state index contributed by atoms with van der Waals surface area (Å²) in [5.74, 6) is 2.82. The number of hydrogen-bond donors (Lipinski definition) is 2. The zero-order chi connectivity index (χ0) is 14.8. The Labute approximate surface area is 121 Å². The minimum Gasteiger partial charge on any atom is -0.379 e. The van der Waals surface area contributed by atoms with E-state index in [1.54, 1.807) is 7.11 Å². The van der Waals surface area contributed by atoms with Crippen LogP contribution in [0.25, 0.3) is 0 Å². The van der Waals surface area contributed by atoms with Crippen LogP contribution in [-0.4, -0.2) is 43.4 Å². The van der Waals surface area contributed by atoms with Crippen LogP contribution in [0.1, 0.15) is 26.6 Å². The number of rotatable bonds is 10. The van der Waals surface area contributed by atoms with Crippen molar-refractivity contribution in [1.29, 1.82) is 0 Å². The first-order valence-electron chi connectivity index (χ1n) is 7.08. The minimum atomic E-state index is 0.401. The predicted octanol–water partition coefficient (Wildman–Crippen LogP) is 2.14. The number of ether oxygens (including phenoxy) is 2. The van der Waals surface area contributed by atoms with E-state index in [0.29, 0.717) is 25.0 Å². The first-order chi connectivity index (χ1) is 9.65. The molecule has 0 amide bonds. The Bertz CT molecular complexity index is 361. The van der Waals surface area contributed by atoms with Gasteiger partial charge in [-0.1, -0.05) is 13.8 Å². The van der Waals surface area contributed by atoms with Gasteiger partial charge in [-0.05, 0) is 12.8 Å². The van der Waals surface area contributed by atoms with Crippen LogP contribution in [0, 0.1) is 5.92 Å². The third-order valence-electron chi connectivity index (χ3n) is 2.41. The summed E-state index contributed by atoms with van der Waals surface area (Å²) in [5, 5.41) is 6.43. The quantitative estimate of drug-likeness (QED) is 0.641. The summed E-state index contributed by atoms with van der Waals surface area (Å²) in [5.41, 5.74) is 0. The van der Waals surface area contributed by atoms with Gasteiger partial charge >= 0.3 is 0 Å². The normalized spacial score (nSPS) is 10.8. The second kappa shape index (κ2) is 9.50. The summed E-state index contributed by atoms with van der Waals surface area (Å²) >= 11 is 0. The van der Waals surface area contributed by atoms with Crippen molar-refractivity contribution in [3.8, 4) is 0 Å². The van der Waals surface area contributed by atoms with E-state index in [-0.39, 0.29) is 0 Å². The lowest BCUT2D eigenvalue weighted by Crippen LogP contribution is -2.14. The van der Waals surface area contributed by atoms with E-state index in [2.05, 4.69) is 34.4 Å². The molecule has 1 heterocycles. The Morgan fingerprint density at radius 1 is 1.20 bits per heavy atom. The SMILES string of the molecule is CCNc1cc(NCCOCC(C)C)nc(COC)n1. The number of nitrogens with zero attached hydrogens (tertiary/aromatic N) is 2. The van der Waals surface area contributed by atoms with Gasteiger partial charge in [-0.15, -0.1) is 0 Å². The van der Waals surface area contributed by atoms with Crippen LogP contribution >= 0.6 is 0 Å². The van der Waals surface area contributed by atoms with E-state index in [1.165, 1.54) is 0 Å². The lowest BCUT2D eigenvalue weighted by Gasteiger charge is -2.11. The van der Waals surface area contributed by atoms with E-state index in [0.717, 1.165) is 31.3 Å². The molecular weight excluding hydrogens is 256 g/mol. The molecular formula is C14H26N4O2. The fraction of sp³-hybridized carbons (Fsp3) is 0.714. The molecule has 0 aliphatic heterocycles. The maximum absolute atomic E-state index is 5.53. The number of hydrogen-bond acceptors (Lipinski definition) is 6. The number of aromatic nitrogens is 2. The molecule has 0 fully saturated rings. The van der Waals surface area contributed by atoms with E-state index in [4.69, 9.17) is 9.47 Å². The van der Waals surface area contributed by atoms with Gasteiger partial charge in [0.2, 0.25) is 0 Å². The molecule has 0 bridgehead atoms. The Kier molecular flexibility index (Phi) is 7.91. The average molecular weight is 282 g/mol. The summed E-state index contributed by atoms with van der Waals surface area (Å²) in [4.78, 5) is 8.76. The van der Waals surface area contributed by atoms with Crippen LogP contribution in [0.15, 0.2) is 6.07 Å². The molecule has 1 aromatic heterocycles. The van der Waals surface area contributed by atoms with Crippen molar-refractivity contribution >= 4 is 11.6 Å². The topological polar surface area (TPSA) is 68.3 Å². The van der Waals surface area contributed by atoms with Crippen LogP contribution < -0.4 is 10.6 Å². The highest BCUT2D eigenvalue weighted by molar-refractivity contribution is 5.47. The fourth-order valence-electron chi connectivity index (χ4n) is 1.62. The van der Waals surface area contributed by atoms with E-state index >= 15 is 0 Å². The molecule has 0 saturated carbocycles. The second-order valence-electron chi connectivity index (χ2n) is 4.91. The Morgan fingerprint density at radius 2 is 1.90 bits per heavy atom. The molecule has 0 spiro atoms. The molecule has 0 unspecified atom stereocenters. The zero-order valence-corrected chi connectivity index (χ0v) is 12.9. The van der Waals surface area contributed by atoms with Crippen molar-refractivity contribution in [2.75, 3.05) is 44.0 Å². The predicted molar refractivity (Wildman–Crippen MR) is 81.1 cm³/mol. The monoisotopic (exact) mass is 282 g/mol. The molecule has 0 saturated heterocycles. The number of nitrogens with one attached hydrogen (secondary N) is 2. The molecule has 114 valence electrons. The maximum atomic E-state index is 5.53. The summed E-state index contributed by atoms with van der Waals surface area (Å²) in [6.45, 7) is 9.70. The first-order valence-corrected chi connectivity index (χ1v) is 7.08. The van der Waals surface area contributed by atoms with Crippen molar-refractivity contribution in [3.63, 3.8) is 0 Å². The molecule has 0 atom stereocenters. The van der Waals surface area contributed by atoms with Crippen molar-refractivity contribution < 1.29 is 9.47 Å². The minimum absolute atomic E-state index is 0.401. The molecule has 1 aromatic rings. The van der Waals surface area contributed by atoms with Gasteiger partial charge in [0.1, 0.15) is 18.2 Å². The van der Waals surface area contributed by atoms with Crippen molar-refractivity contribution in [1.82, 2.24) is 9.97 Å². The third kappa shape index (κ3) is 6.68. The van der Waals surface area contributed by atoms with E-state index in [1.807, 2.05) is 13.0 Å². The van der Waals surface area contributed by atoms with Gasteiger partial charge in [0.05, 0.1) is 6.61 Å². The Balaban J connectivity index is 2.50. The summed E-state index contributed by atoms with van der Waals surface area (Å²) in [6.07, 6.45) is 0. The van der Waals surface area contributed by atoms with Crippen molar-refractivity contribution in [2.45, 2.75) is 27.4 Å². The van der Waals surface area contributed by atoms with Crippen molar-refractivity contribution in [3.05, 3.63) is 11.9 Å². The highest BCUT2D eigenvalue weighted by Crippen LogP contribution is 2.11. The standard InChI is InChI=1S/C14H26N4O2/c1-5-15-12-8-13(18-14(17-12)10-19-4)16-6-7-20-9-11(2)3/h8,11H,5-7,9-10H2,1-4H3,(H2,15,16,17,18). The maximum Gasteiger partial charge on any atom is 0.158 e. The van der Waals surface area contributed by atoms with Crippen LogP contribution in [0.3, 0.4) is 0 Å². The third-order valence-corrected chi connectivity index (χ3v) is 2.41. The van der Waals surface area contributed by atoms with Gasteiger partial charge in [0.25, 0.3) is 0 Å². The van der Waals surface area contributed by atoms with Crippen LogP contribution in [-0.2, 0) is 16.1 Å². The molecule has 0 aliphatic rings. The molecule has 0 aliphatic carbocycles. The largest absolute Gasteiger partial charge is 0.379 e. The van der Waals surface area contributed by atoms with Gasteiger partial charge in [-0.3, -0.25) is 0 Å². The number of anilines is 2. The first kappa shape index (κ1) is 16.7. The highest BCUT2D eigenvalue weighted by atomic mass is 16.5. The van der Waals surface area contributed by atoms with Gasteiger partial charge in [-0.25, -0.2) is 9.97 Å². The number of methoxy groups -OCH3 is 1. The summed E-state index contributed by atoms with van der Waals surface area (Å²) < 4.78 is 10.6. The van der Waals surface area contributed by atoms with Gasteiger partial charge in [-0.2, -0.15) is 0 Å². The lowest BCUT2D eigenvalue weighted by atomic mass is 10.2. The van der Waals surface area contributed by atoms with Crippen LogP contribution in [0.2, 0.25) is 0 Å². The molecule has 20 heavy (non-hydrogen) atoms. The fourth-order valence-corrected chi connectivity index (χ4v) is 1.62. The van der Waals surface area contributed by atoms with Crippen LogP contribution in [0.4, 0.5) is 11.6 Å². The van der Waals surface area contributed by atoms with Crippen LogP contribution in [0.5, 0.6) is 0 Å². The van der Waals surface area contributed by atoms with E-state index < -0.39 is 0 Å². The van der Waals surface area contributed by atoms with Gasteiger partial charge in [0.15, 0.2) is 5.82 Å².